The molecule has 1 aromatic carbocycles. The molecule has 3 nitrogen and oxygen atoms in total. The first kappa shape index (κ1) is 8.46. The van der Waals surface area contributed by atoms with E-state index in [0.717, 1.165) is 0 Å². The molecule has 0 radical (unpaired) electrons. The summed E-state index contributed by atoms with van der Waals surface area (Å²) in [6.45, 7) is 1.42. The molecule has 0 saturated carbocycles. The number of benzene rings is 1. The molecule has 0 aromatic heterocycles. The van der Waals surface area contributed by atoms with Crippen LogP contribution in [0.15, 0.2) is 30.3 Å². The Labute approximate surface area is 70.5 Å². The lowest BCUT2D eigenvalue weighted by Crippen LogP contribution is -2.08. The molecular weight excluding hydrogens is 154 g/mol. The molecule has 0 bridgehead atoms. The van der Waals surface area contributed by atoms with Gasteiger partial charge in [0, 0.05) is 6.92 Å². The molecule has 12 heavy (non-hydrogen) atoms. The van der Waals surface area contributed by atoms with Gasteiger partial charge in [-0.25, -0.2) is 4.79 Å². The molecule has 0 atom stereocenters. The second-order valence-electron chi connectivity index (χ2n) is 2.31. The smallest absolute Gasteiger partial charge is 0.344 e. The number of hydrogen-bond donors (Lipinski definition) is 1. The van der Waals surface area contributed by atoms with Crippen molar-refractivity contribution in [2.45, 2.75) is 6.92 Å². The summed E-state index contributed by atoms with van der Waals surface area (Å²) in [5, 5.41) is 6.93. The van der Waals surface area contributed by atoms with Gasteiger partial charge < -0.3 is 4.74 Å². The molecule has 0 aliphatic rings. The Morgan fingerprint density at radius 3 is 2.42 bits per heavy atom. The predicted molar refractivity (Wildman–Crippen MR) is 45.3 cm³/mol. The van der Waals surface area contributed by atoms with E-state index in [1.807, 2.05) is 6.07 Å². The van der Waals surface area contributed by atoms with E-state index in [9.17, 15) is 4.79 Å². The van der Waals surface area contributed by atoms with Gasteiger partial charge in [0.2, 0.25) is 0 Å². The van der Waals surface area contributed by atoms with E-state index in [1.54, 1.807) is 24.3 Å². The zero-order valence-corrected chi connectivity index (χ0v) is 6.70. The van der Waals surface area contributed by atoms with Gasteiger partial charge in [-0.15, -0.1) is 0 Å². The van der Waals surface area contributed by atoms with E-state index >= 15 is 0 Å². The van der Waals surface area contributed by atoms with Gasteiger partial charge in [0.15, 0.2) is 5.90 Å². The van der Waals surface area contributed by atoms with Gasteiger partial charge in [0.05, 0.1) is 5.56 Å². The highest BCUT2D eigenvalue weighted by Crippen LogP contribution is 2.00. The second-order valence-corrected chi connectivity index (χ2v) is 2.31. The van der Waals surface area contributed by atoms with Gasteiger partial charge in [-0.05, 0) is 12.1 Å². The Bertz CT molecular complexity index is 293. The Balaban J connectivity index is 2.73. The fourth-order valence-corrected chi connectivity index (χ4v) is 0.772. The number of rotatable bonds is 1. The number of nitrogens with one attached hydrogen (secondary N) is 1. The third-order valence-corrected chi connectivity index (χ3v) is 1.26. The molecule has 0 heterocycles. The van der Waals surface area contributed by atoms with Crippen LogP contribution in [0.2, 0.25) is 0 Å². The summed E-state index contributed by atoms with van der Waals surface area (Å²) >= 11 is 0. The highest BCUT2D eigenvalue weighted by Gasteiger charge is 2.05. The van der Waals surface area contributed by atoms with Crippen molar-refractivity contribution >= 4 is 11.9 Å². The van der Waals surface area contributed by atoms with E-state index in [4.69, 9.17) is 5.41 Å². The highest BCUT2D eigenvalue weighted by molar-refractivity contribution is 5.96. The lowest BCUT2D eigenvalue weighted by atomic mass is 10.2. The van der Waals surface area contributed by atoms with Gasteiger partial charge in [0.1, 0.15) is 0 Å². The van der Waals surface area contributed by atoms with Crippen LogP contribution in [0.1, 0.15) is 17.3 Å². The molecule has 3 heteroatoms. The topological polar surface area (TPSA) is 50.1 Å². The fourth-order valence-electron chi connectivity index (χ4n) is 0.772. The molecule has 1 rings (SSSR count). The van der Waals surface area contributed by atoms with Crippen molar-refractivity contribution in [1.82, 2.24) is 0 Å². The molecule has 0 amide bonds. The van der Waals surface area contributed by atoms with E-state index in [-0.39, 0.29) is 5.90 Å². The zero-order valence-electron chi connectivity index (χ0n) is 6.70. The van der Waals surface area contributed by atoms with Crippen LogP contribution in [-0.2, 0) is 4.74 Å². The maximum absolute atomic E-state index is 11.1. The van der Waals surface area contributed by atoms with E-state index < -0.39 is 5.97 Å². The number of ether oxygens (including phenoxy) is 1. The van der Waals surface area contributed by atoms with Crippen molar-refractivity contribution in [3.8, 4) is 0 Å². The van der Waals surface area contributed by atoms with Crippen LogP contribution >= 0.6 is 0 Å². The maximum Gasteiger partial charge on any atom is 0.344 e. The Hall–Kier alpha value is -1.64. The average molecular weight is 163 g/mol. The Kier molecular flexibility index (Phi) is 2.58. The quantitative estimate of drug-likeness (QED) is 0.390. The number of esters is 1. The maximum atomic E-state index is 11.1. The van der Waals surface area contributed by atoms with Crippen LogP contribution in [0, 0.1) is 5.41 Å². The zero-order chi connectivity index (χ0) is 8.97. The highest BCUT2D eigenvalue weighted by atomic mass is 16.5. The summed E-state index contributed by atoms with van der Waals surface area (Å²) < 4.78 is 4.58. The van der Waals surface area contributed by atoms with Gasteiger partial charge in [0.25, 0.3) is 0 Å². The molecule has 0 fully saturated rings. The van der Waals surface area contributed by atoms with Crippen molar-refractivity contribution in [2.75, 3.05) is 0 Å². The van der Waals surface area contributed by atoms with E-state index in [2.05, 4.69) is 4.74 Å². The third-order valence-electron chi connectivity index (χ3n) is 1.26. The number of hydrogen-bond acceptors (Lipinski definition) is 3. The summed E-state index contributed by atoms with van der Waals surface area (Å²) in [4.78, 5) is 11.1. The minimum Gasteiger partial charge on any atom is -0.409 e. The minimum atomic E-state index is -0.483. The predicted octanol–water partition coefficient (Wildman–Crippen LogP) is 1.84. The Morgan fingerprint density at radius 2 is 1.92 bits per heavy atom. The molecule has 1 aromatic rings. The van der Waals surface area contributed by atoms with Crippen molar-refractivity contribution in [2.24, 2.45) is 0 Å². The summed E-state index contributed by atoms with van der Waals surface area (Å²) in [7, 11) is 0. The van der Waals surface area contributed by atoms with Crippen LogP contribution in [0.4, 0.5) is 0 Å². The molecule has 0 saturated heterocycles. The normalized spacial score (nSPS) is 9.08. The van der Waals surface area contributed by atoms with Crippen molar-refractivity contribution in [3.05, 3.63) is 35.9 Å². The molecule has 0 aliphatic carbocycles. The largest absolute Gasteiger partial charge is 0.409 e. The molecular formula is C9H9NO2. The summed E-state index contributed by atoms with van der Waals surface area (Å²) in [6, 6.07) is 8.59. The van der Waals surface area contributed by atoms with E-state index in [1.165, 1.54) is 6.92 Å². The van der Waals surface area contributed by atoms with Crippen LogP contribution in [0.25, 0.3) is 0 Å². The second kappa shape index (κ2) is 3.67. The van der Waals surface area contributed by atoms with Gasteiger partial charge in [-0.3, -0.25) is 5.41 Å². The summed E-state index contributed by atoms with van der Waals surface area (Å²) in [5.41, 5.74) is 0.462. The lowest BCUT2D eigenvalue weighted by molar-refractivity contribution is 0.0714. The number of carbonyl (C=O) groups is 1. The number of carbonyl (C=O) groups excluding carboxylic acids is 1. The average Bonchev–Trinajstić information content (AvgIpc) is 2.05. The van der Waals surface area contributed by atoms with Gasteiger partial charge in [-0.1, -0.05) is 18.2 Å². The molecule has 0 unspecified atom stereocenters. The molecule has 0 aliphatic heterocycles. The van der Waals surface area contributed by atoms with Crippen molar-refractivity contribution in [1.29, 1.82) is 5.41 Å². The first-order valence-corrected chi connectivity index (χ1v) is 3.52. The van der Waals surface area contributed by atoms with Crippen molar-refractivity contribution in [3.63, 3.8) is 0 Å². The first-order chi connectivity index (χ1) is 5.70. The standard InChI is InChI=1S/C9H9NO2/c1-7(10)12-9(11)8-5-3-2-4-6-8/h2-6,10H,1H3. The lowest BCUT2D eigenvalue weighted by Gasteiger charge is -1.99. The summed E-state index contributed by atoms with van der Waals surface area (Å²) in [6.07, 6.45) is 0. The monoisotopic (exact) mass is 163 g/mol. The van der Waals surface area contributed by atoms with Crippen LogP contribution in [-0.4, -0.2) is 11.9 Å². The molecule has 0 spiro atoms. The SMILES string of the molecule is CC(=N)OC(=O)c1ccccc1. The van der Waals surface area contributed by atoms with Crippen LogP contribution in [0.3, 0.4) is 0 Å². The fraction of sp³-hybridized carbons (Fsp3) is 0.111. The summed E-state index contributed by atoms with van der Waals surface area (Å²) in [5.74, 6) is -0.577. The molecule has 62 valence electrons. The molecule has 1 N–H and O–H groups in total. The first-order valence-electron chi connectivity index (χ1n) is 3.52. The van der Waals surface area contributed by atoms with Crippen LogP contribution in [0.5, 0.6) is 0 Å². The van der Waals surface area contributed by atoms with Gasteiger partial charge in [-0.2, -0.15) is 0 Å². The Morgan fingerprint density at radius 1 is 1.33 bits per heavy atom. The van der Waals surface area contributed by atoms with E-state index in [0.29, 0.717) is 5.56 Å². The third kappa shape index (κ3) is 2.20. The minimum absolute atomic E-state index is 0.0937. The van der Waals surface area contributed by atoms with Gasteiger partial charge >= 0.3 is 5.97 Å². The van der Waals surface area contributed by atoms with Crippen LogP contribution < -0.4 is 0 Å². The van der Waals surface area contributed by atoms with Crippen molar-refractivity contribution < 1.29 is 9.53 Å².